The van der Waals surface area contributed by atoms with Crippen LogP contribution in [0, 0.1) is 0 Å². The van der Waals surface area contributed by atoms with E-state index in [2.05, 4.69) is 17.3 Å². The first-order valence-corrected chi connectivity index (χ1v) is 7.86. The first-order valence-electron chi connectivity index (χ1n) is 7.86. The molecule has 1 saturated carbocycles. The first-order chi connectivity index (χ1) is 8.79. The number of rotatable bonds is 2. The van der Waals surface area contributed by atoms with Gasteiger partial charge in [-0.2, -0.15) is 0 Å². The number of nitrogens with one attached hydrogen (secondary N) is 1. The highest BCUT2D eigenvalue weighted by Gasteiger charge is 2.41. The van der Waals surface area contributed by atoms with Gasteiger partial charge in [0.2, 0.25) is 0 Å². The minimum atomic E-state index is 0.268. The van der Waals surface area contributed by atoms with Crippen LogP contribution in [0.5, 0.6) is 0 Å². The van der Waals surface area contributed by atoms with Crippen molar-refractivity contribution in [3.05, 3.63) is 0 Å². The van der Waals surface area contributed by atoms with Crippen molar-refractivity contribution in [3.8, 4) is 0 Å². The van der Waals surface area contributed by atoms with E-state index in [1.165, 1.54) is 64.5 Å². The van der Waals surface area contributed by atoms with Gasteiger partial charge < -0.3 is 15.0 Å². The summed E-state index contributed by atoms with van der Waals surface area (Å²) in [6.07, 6.45) is 10.5. The van der Waals surface area contributed by atoms with Gasteiger partial charge >= 0.3 is 0 Å². The van der Waals surface area contributed by atoms with Crippen molar-refractivity contribution in [3.63, 3.8) is 0 Å². The van der Waals surface area contributed by atoms with E-state index in [-0.39, 0.29) is 5.60 Å². The number of hydrogen-bond donors (Lipinski definition) is 1. The molecule has 0 amide bonds. The van der Waals surface area contributed by atoms with Gasteiger partial charge in [0.25, 0.3) is 0 Å². The summed E-state index contributed by atoms with van der Waals surface area (Å²) in [4.78, 5) is 2.68. The van der Waals surface area contributed by atoms with Crippen LogP contribution in [0.4, 0.5) is 0 Å². The monoisotopic (exact) mass is 252 g/mol. The number of hydrogen-bond acceptors (Lipinski definition) is 3. The van der Waals surface area contributed by atoms with Crippen LogP contribution in [-0.4, -0.2) is 49.3 Å². The number of piperidine rings is 1. The first kappa shape index (κ1) is 12.9. The molecule has 0 bridgehead atoms. The van der Waals surface area contributed by atoms with Crippen molar-refractivity contribution >= 4 is 0 Å². The van der Waals surface area contributed by atoms with E-state index in [0.717, 1.165) is 18.7 Å². The third kappa shape index (κ3) is 2.59. The van der Waals surface area contributed by atoms with E-state index in [9.17, 15) is 0 Å². The minimum Gasteiger partial charge on any atom is -0.375 e. The summed E-state index contributed by atoms with van der Waals surface area (Å²) in [5.41, 5.74) is 0.268. The molecule has 1 unspecified atom stereocenters. The highest BCUT2D eigenvalue weighted by atomic mass is 16.5. The van der Waals surface area contributed by atoms with E-state index in [4.69, 9.17) is 4.74 Å². The summed E-state index contributed by atoms with van der Waals surface area (Å²) in [6.45, 7) is 3.38. The molecule has 2 aliphatic heterocycles. The van der Waals surface area contributed by atoms with Crippen LogP contribution >= 0.6 is 0 Å². The Morgan fingerprint density at radius 1 is 1.06 bits per heavy atom. The molecule has 3 nitrogen and oxygen atoms in total. The smallest absolute Gasteiger partial charge is 0.0697 e. The molecule has 1 N–H and O–H groups in total. The van der Waals surface area contributed by atoms with E-state index in [1.807, 2.05) is 0 Å². The Labute approximate surface area is 111 Å². The fourth-order valence-corrected chi connectivity index (χ4v) is 4.23. The molecule has 1 atom stereocenters. The second-order valence-electron chi connectivity index (χ2n) is 6.53. The third-order valence-corrected chi connectivity index (χ3v) is 5.44. The molecule has 3 rings (SSSR count). The molecule has 3 heteroatoms. The minimum absolute atomic E-state index is 0.268. The van der Waals surface area contributed by atoms with Crippen molar-refractivity contribution in [2.75, 3.05) is 26.7 Å². The molecule has 0 aromatic carbocycles. The van der Waals surface area contributed by atoms with E-state index >= 15 is 0 Å². The quantitative estimate of drug-likeness (QED) is 0.815. The highest BCUT2D eigenvalue weighted by Crippen LogP contribution is 2.41. The Morgan fingerprint density at radius 3 is 2.50 bits per heavy atom. The fourth-order valence-electron chi connectivity index (χ4n) is 4.23. The van der Waals surface area contributed by atoms with Crippen LogP contribution in [0.2, 0.25) is 0 Å². The SMILES string of the molecule is CN(C1CCNCC1)C1CCOC2(CCCC2)C1. The summed E-state index contributed by atoms with van der Waals surface area (Å²) >= 11 is 0. The topological polar surface area (TPSA) is 24.5 Å². The standard InChI is InChI=1S/C15H28N2O/c1-17(13-4-9-16-10-5-13)14-6-11-18-15(12-14)7-2-3-8-15/h13-14,16H,2-12H2,1H3. The third-order valence-electron chi connectivity index (χ3n) is 5.44. The van der Waals surface area contributed by atoms with Crippen molar-refractivity contribution in [1.82, 2.24) is 10.2 Å². The zero-order valence-corrected chi connectivity index (χ0v) is 11.8. The van der Waals surface area contributed by atoms with Gasteiger partial charge in [0.05, 0.1) is 5.60 Å². The predicted molar refractivity (Wildman–Crippen MR) is 73.8 cm³/mol. The second kappa shape index (κ2) is 5.48. The summed E-state index contributed by atoms with van der Waals surface area (Å²) < 4.78 is 6.16. The summed E-state index contributed by atoms with van der Waals surface area (Å²) in [7, 11) is 2.36. The fraction of sp³-hybridized carbons (Fsp3) is 1.00. The molecular weight excluding hydrogens is 224 g/mol. The normalized spacial score (nSPS) is 33.3. The average molecular weight is 252 g/mol. The molecule has 2 heterocycles. The van der Waals surface area contributed by atoms with E-state index < -0.39 is 0 Å². The van der Waals surface area contributed by atoms with Crippen LogP contribution in [0.15, 0.2) is 0 Å². The van der Waals surface area contributed by atoms with Gasteiger partial charge in [-0.15, -0.1) is 0 Å². The Morgan fingerprint density at radius 2 is 1.78 bits per heavy atom. The lowest BCUT2D eigenvalue weighted by atomic mass is 9.87. The van der Waals surface area contributed by atoms with E-state index in [1.54, 1.807) is 0 Å². The average Bonchev–Trinajstić information content (AvgIpc) is 2.87. The molecule has 3 fully saturated rings. The predicted octanol–water partition coefficient (Wildman–Crippen LogP) is 2.16. The molecule has 1 aliphatic carbocycles. The van der Waals surface area contributed by atoms with Crippen molar-refractivity contribution < 1.29 is 4.74 Å². The highest BCUT2D eigenvalue weighted by molar-refractivity contribution is 4.95. The van der Waals surface area contributed by atoms with Crippen molar-refractivity contribution in [2.24, 2.45) is 0 Å². The van der Waals surface area contributed by atoms with Crippen molar-refractivity contribution in [1.29, 1.82) is 0 Å². The summed E-state index contributed by atoms with van der Waals surface area (Å²) in [6, 6.07) is 1.56. The molecule has 104 valence electrons. The molecule has 0 aromatic heterocycles. The summed E-state index contributed by atoms with van der Waals surface area (Å²) in [5, 5.41) is 3.47. The van der Waals surface area contributed by atoms with Gasteiger partial charge in [-0.05, 0) is 58.7 Å². The molecular formula is C15H28N2O. The molecule has 1 spiro atoms. The Bertz CT molecular complexity index is 270. The maximum atomic E-state index is 6.16. The lowest BCUT2D eigenvalue weighted by Crippen LogP contribution is -2.51. The largest absolute Gasteiger partial charge is 0.375 e. The Balaban J connectivity index is 1.60. The molecule has 0 radical (unpaired) electrons. The van der Waals surface area contributed by atoms with Gasteiger partial charge in [0, 0.05) is 18.7 Å². The Kier molecular flexibility index (Phi) is 3.92. The van der Waals surface area contributed by atoms with Gasteiger partial charge in [-0.25, -0.2) is 0 Å². The summed E-state index contributed by atoms with van der Waals surface area (Å²) in [5.74, 6) is 0. The maximum absolute atomic E-state index is 6.16. The maximum Gasteiger partial charge on any atom is 0.0697 e. The van der Waals surface area contributed by atoms with Gasteiger partial charge in [-0.3, -0.25) is 0 Å². The van der Waals surface area contributed by atoms with Gasteiger partial charge in [-0.1, -0.05) is 12.8 Å². The molecule has 2 saturated heterocycles. The van der Waals surface area contributed by atoms with Crippen LogP contribution in [0.25, 0.3) is 0 Å². The number of nitrogens with zero attached hydrogens (tertiary/aromatic N) is 1. The number of ether oxygens (including phenoxy) is 1. The van der Waals surface area contributed by atoms with Crippen LogP contribution in [0.1, 0.15) is 51.4 Å². The molecule has 18 heavy (non-hydrogen) atoms. The lowest BCUT2D eigenvalue weighted by Gasteiger charge is -2.45. The molecule has 3 aliphatic rings. The Hall–Kier alpha value is -0.120. The zero-order valence-electron chi connectivity index (χ0n) is 11.8. The van der Waals surface area contributed by atoms with Gasteiger partial charge in [0.1, 0.15) is 0 Å². The van der Waals surface area contributed by atoms with E-state index in [0.29, 0.717) is 0 Å². The lowest BCUT2D eigenvalue weighted by molar-refractivity contribution is -0.104. The van der Waals surface area contributed by atoms with Gasteiger partial charge in [0.15, 0.2) is 0 Å². The van der Waals surface area contributed by atoms with Crippen LogP contribution in [0.3, 0.4) is 0 Å². The van der Waals surface area contributed by atoms with Crippen molar-refractivity contribution in [2.45, 2.75) is 69.1 Å². The second-order valence-corrected chi connectivity index (χ2v) is 6.53. The zero-order chi connectivity index (χ0) is 12.4. The van der Waals surface area contributed by atoms with Crippen LogP contribution < -0.4 is 5.32 Å². The molecule has 0 aromatic rings. The van der Waals surface area contributed by atoms with Crippen LogP contribution in [-0.2, 0) is 4.74 Å².